The van der Waals surface area contributed by atoms with Crippen molar-refractivity contribution in [3.8, 4) is 0 Å². The van der Waals surface area contributed by atoms with Crippen molar-refractivity contribution in [3.63, 3.8) is 0 Å². The lowest BCUT2D eigenvalue weighted by Crippen LogP contribution is -2.35. The molecule has 0 aliphatic rings. The van der Waals surface area contributed by atoms with E-state index >= 15 is 0 Å². The van der Waals surface area contributed by atoms with Gasteiger partial charge < -0.3 is 10.1 Å². The third-order valence-electron chi connectivity index (χ3n) is 3.86. The largest absolute Gasteiger partial charge is 0.383 e. The van der Waals surface area contributed by atoms with Gasteiger partial charge in [0.15, 0.2) is 0 Å². The van der Waals surface area contributed by atoms with E-state index in [4.69, 9.17) is 27.9 Å². The lowest BCUT2D eigenvalue weighted by molar-refractivity contribution is -0.116. The highest BCUT2D eigenvalue weighted by atomic mass is 35.5. The average molecular weight is 445 g/mol. The summed E-state index contributed by atoms with van der Waals surface area (Å²) in [6.07, 6.45) is 0.701. The molecule has 6 nitrogen and oxygen atoms in total. The van der Waals surface area contributed by atoms with E-state index in [-0.39, 0.29) is 29.9 Å². The molecule has 0 aliphatic heterocycles. The highest BCUT2D eigenvalue weighted by Crippen LogP contribution is 2.22. The number of aryl methyl sites for hydroxylation is 1. The fourth-order valence-electron chi connectivity index (χ4n) is 2.53. The third kappa shape index (κ3) is 6.76. The van der Waals surface area contributed by atoms with Crippen molar-refractivity contribution in [1.29, 1.82) is 0 Å². The minimum absolute atomic E-state index is 0.112. The summed E-state index contributed by atoms with van der Waals surface area (Å²) in [5.41, 5.74) is 1.34. The predicted octanol–water partition coefficient (Wildman–Crippen LogP) is 3.88. The molecule has 1 amide bonds. The van der Waals surface area contributed by atoms with E-state index in [2.05, 4.69) is 10.0 Å². The highest BCUT2D eigenvalue weighted by molar-refractivity contribution is 7.89. The zero-order valence-corrected chi connectivity index (χ0v) is 17.9. The fourth-order valence-corrected chi connectivity index (χ4v) is 4.26. The fraction of sp³-hybridized carbons (Fsp3) is 0.316. The molecule has 0 bridgehead atoms. The first kappa shape index (κ1) is 22.6. The van der Waals surface area contributed by atoms with E-state index in [0.717, 1.165) is 5.56 Å². The van der Waals surface area contributed by atoms with Crippen LogP contribution in [0.5, 0.6) is 0 Å². The van der Waals surface area contributed by atoms with Crippen molar-refractivity contribution in [2.75, 3.05) is 19.0 Å². The lowest BCUT2D eigenvalue weighted by atomic mass is 10.1. The number of halogens is 2. The van der Waals surface area contributed by atoms with Gasteiger partial charge in [0.25, 0.3) is 0 Å². The molecular weight excluding hydrogens is 423 g/mol. The number of ether oxygens (including phenoxy) is 1. The Bertz CT molecular complexity index is 918. The summed E-state index contributed by atoms with van der Waals surface area (Å²) in [5, 5.41) is 3.80. The van der Waals surface area contributed by atoms with Gasteiger partial charge in [0.1, 0.15) is 0 Å². The van der Waals surface area contributed by atoms with E-state index in [9.17, 15) is 13.2 Å². The molecule has 2 rings (SSSR count). The van der Waals surface area contributed by atoms with Crippen LogP contribution in [-0.2, 0) is 26.0 Å². The van der Waals surface area contributed by atoms with Gasteiger partial charge in [-0.1, -0.05) is 29.3 Å². The van der Waals surface area contributed by atoms with Crippen LogP contribution in [0.1, 0.15) is 18.9 Å². The molecule has 1 atom stereocenters. The molecule has 0 saturated carbocycles. The van der Waals surface area contributed by atoms with E-state index in [1.54, 1.807) is 37.3 Å². The second-order valence-electron chi connectivity index (χ2n) is 6.29. The normalized spacial score (nSPS) is 12.6. The molecule has 2 N–H and O–H groups in total. The summed E-state index contributed by atoms with van der Waals surface area (Å²) in [6.45, 7) is 1.98. The van der Waals surface area contributed by atoms with Gasteiger partial charge in [-0.3, -0.25) is 4.79 Å². The van der Waals surface area contributed by atoms with E-state index in [0.29, 0.717) is 22.2 Å². The van der Waals surface area contributed by atoms with Crippen LogP contribution >= 0.6 is 23.2 Å². The van der Waals surface area contributed by atoms with Crippen LogP contribution in [0.3, 0.4) is 0 Å². The minimum Gasteiger partial charge on any atom is -0.383 e. The number of nitrogens with one attached hydrogen (secondary N) is 2. The monoisotopic (exact) mass is 444 g/mol. The molecule has 0 radical (unpaired) electrons. The molecule has 2 aromatic carbocycles. The summed E-state index contributed by atoms with van der Waals surface area (Å²) in [7, 11) is -2.15. The Morgan fingerprint density at radius 2 is 1.82 bits per heavy atom. The van der Waals surface area contributed by atoms with Gasteiger partial charge in [0.2, 0.25) is 15.9 Å². The number of methoxy groups -OCH3 is 1. The Morgan fingerprint density at radius 1 is 1.14 bits per heavy atom. The molecule has 0 spiro atoms. The molecular formula is C19H22Cl2N2O4S. The number of hydrogen-bond acceptors (Lipinski definition) is 4. The maximum Gasteiger partial charge on any atom is 0.240 e. The smallest absolute Gasteiger partial charge is 0.240 e. The zero-order chi connectivity index (χ0) is 20.7. The summed E-state index contributed by atoms with van der Waals surface area (Å²) in [4.78, 5) is 12.3. The molecule has 0 heterocycles. The molecule has 0 fully saturated rings. The first-order chi connectivity index (χ1) is 13.2. The second-order valence-corrected chi connectivity index (χ2v) is 8.84. The second kappa shape index (κ2) is 10.2. The zero-order valence-electron chi connectivity index (χ0n) is 15.5. The van der Waals surface area contributed by atoms with E-state index in [1.165, 1.54) is 19.2 Å². The minimum atomic E-state index is -3.65. The number of hydrogen-bond donors (Lipinski definition) is 2. The van der Waals surface area contributed by atoms with Crippen LogP contribution in [0, 0.1) is 0 Å². The summed E-state index contributed by atoms with van der Waals surface area (Å²) in [6, 6.07) is 10.8. The maximum atomic E-state index is 12.3. The van der Waals surface area contributed by atoms with Gasteiger partial charge in [-0.25, -0.2) is 13.1 Å². The van der Waals surface area contributed by atoms with Gasteiger partial charge in [-0.05, 0) is 55.3 Å². The summed E-state index contributed by atoms with van der Waals surface area (Å²) in [5.74, 6) is -0.200. The molecule has 9 heteroatoms. The Labute approximate surface area is 175 Å². The van der Waals surface area contributed by atoms with Gasteiger partial charge in [0, 0.05) is 35.3 Å². The van der Waals surface area contributed by atoms with Crippen molar-refractivity contribution in [2.24, 2.45) is 0 Å². The Hall–Kier alpha value is -1.64. The predicted molar refractivity (Wildman–Crippen MR) is 112 cm³/mol. The first-order valence-corrected chi connectivity index (χ1v) is 10.8. The average Bonchev–Trinajstić information content (AvgIpc) is 2.61. The molecule has 2 aromatic rings. The molecule has 0 aliphatic carbocycles. The third-order valence-corrected chi connectivity index (χ3v) is 6.05. The molecule has 28 heavy (non-hydrogen) atoms. The quantitative estimate of drug-likeness (QED) is 0.614. The number of carbonyl (C=O) groups excluding carboxylic acids is 1. The maximum absolute atomic E-state index is 12.3. The standard InChI is InChI=1S/C19H22Cl2N2O4S/c1-13(12-27-2)23-28(25,26)17-8-6-16(7-9-17)22-19(24)10-4-14-3-5-15(20)11-18(14)21/h3,5-9,11,13,23H,4,10,12H2,1-2H3,(H,22,24)/t13-/m1/s1. The van der Waals surface area contributed by atoms with Gasteiger partial charge in [0.05, 0.1) is 11.5 Å². The topological polar surface area (TPSA) is 84.5 Å². The Morgan fingerprint density at radius 3 is 2.43 bits per heavy atom. The van der Waals surface area contributed by atoms with Crippen LogP contribution in [0.2, 0.25) is 10.0 Å². The number of amides is 1. The van der Waals surface area contributed by atoms with Crippen molar-refractivity contribution >= 4 is 44.8 Å². The number of benzene rings is 2. The highest BCUT2D eigenvalue weighted by Gasteiger charge is 2.17. The van der Waals surface area contributed by atoms with Crippen LogP contribution in [0.25, 0.3) is 0 Å². The van der Waals surface area contributed by atoms with Crippen molar-refractivity contribution in [2.45, 2.75) is 30.7 Å². The first-order valence-electron chi connectivity index (χ1n) is 8.56. The number of rotatable bonds is 9. The summed E-state index contributed by atoms with van der Waals surface area (Å²) >= 11 is 12.0. The molecule has 0 aromatic heterocycles. The van der Waals surface area contributed by atoms with Gasteiger partial charge in [-0.2, -0.15) is 0 Å². The van der Waals surface area contributed by atoms with E-state index < -0.39 is 10.0 Å². The van der Waals surface area contributed by atoms with Gasteiger partial charge in [-0.15, -0.1) is 0 Å². The van der Waals surface area contributed by atoms with Crippen molar-refractivity contribution < 1.29 is 17.9 Å². The Balaban J connectivity index is 1.93. The molecule has 152 valence electrons. The van der Waals surface area contributed by atoms with Crippen LogP contribution in [-0.4, -0.2) is 34.1 Å². The van der Waals surface area contributed by atoms with Crippen LogP contribution < -0.4 is 10.0 Å². The Kier molecular flexibility index (Phi) is 8.27. The van der Waals surface area contributed by atoms with E-state index in [1.807, 2.05) is 0 Å². The lowest BCUT2D eigenvalue weighted by Gasteiger charge is -2.13. The number of sulfonamides is 1. The van der Waals surface area contributed by atoms with Crippen molar-refractivity contribution in [3.05, 3.63) is 58.1 Å². The van der Waals surface area contributed by atoms with Crippen molar-refractivity contribution in [1.82, 2.24) is 4.72 Å². The van der Waals surface area contributed by atoms with Crippen LogP contribution in [0.15, 0.2) is 47.4 Å². The molecule has 0 unspecified atom stereocenters. The number of anilines is 1. The number of carbonyl (C=O) groups is 1. The molecule has 0 saturated heterocycles. The van der Waals surface area contributed by atoms with Crippen LogP contribution in [0.4, 0.5) is 5.69 Å². The SMILES string of the molecule is COC[C@@H](C)NS(=O)(=O)c1ccc(NC(=O)CCc2ccc(Cl)cc2Cl)cc1. The van der Waals surface area contributed by atoms with Gasteiger partial charge >= 0.3 is 0 Å². The summed E-state index contributed by atoms with van der Waals surface area (Å²) < 4.78 is 32.0.